The minimum absolute atomic E-state index is 0.0182. The molecule has 0 unspecified atom stereocenters. The predicted molar refractivity (Wildman–Crippen MR) is 76.7 cm³/mol. The summed E-state index contributed by atoms with van der Waals surface area (Å²) in [5.41, 5.74) is 0.447. The number of ether oxygens (including phenoxy) is 1. The highest BCUT2D eigenvalue weighted by Gasteiger charge is 2.18. The molecule has 2 aromatic rings. The summed E-state index contributed by atoms with van der Waals surface area (Å²) in [6.45, 7) is 3.52. The molecule has 0 bridgehead atoms. The van der Waals surface area contributed by atoms with E-state index in [4.69, 9.17) is 21.6 Å². The van der Waals surface area contributed by atoms with Crippen LogP contribution in [0.3, 0.4) is 0 Å². The van der Waals surface area contributed by atoms with Gasteiger partial charge in [-0.25, -0.2) is 4.39 Å². The fraction of sp³-hybridized carbons (Fsp3) is 0. The highest BCUT2D eigenvalue weighted by molar-refractivity contribution is 6.34. The number of carbonyl (C=O) groups is 1. The Morgan fingerprint density at radius 1 is 1.24 bits per heavy atom. The average Bonchev–Trinajstić information content (AvgIpc) is 2.50. The lowest BCUT2D eigenvalue weighted by Crippen LogP contribution is -2.09. The van der Waals surface area contributed by atoms with Gasteiger partial charge in [0.25, 0.3) is 0 Å². The number of nitriles is 1. The molecule has 0 N–H and O–H groups in total. The van der Waals surface area contributed by atoms with E-state index in [0.717, 1.165) is 6.07 Å². The van der Waals surface area contributed by atoms with Gasteiger partial charge in [0.1, 0.15) is 11.6 Å². The van der Waals surface area contributed by atoms with Crippen molar-refractivity contribution in [1.82, 2.24) is 0 Å². The van der Waals surface area contributed by atoms with Crippen molar-refractivity contribution >= 4 is 17.4 Å². The van der Waals surface area contributed by atoms with Gasteiger partial charge in [0, 0.05) is 5.56 Å². The van der Waals surface area contributed by atoms with Crippen molar-refractivity contribution < 1.29 is 13.9 Å². The standard InChI is InChI=1S/C16H9ClFNO2/c1-10(21-12-7-5-11(9-19)6-8-12)16(20)13-3-2-4-14(18)15(13)17/h2-8H,1H2. The molecule has 5 heteroatoms. The first kappa shape index (κ1) is 14.8. The van der Waals surface area contributed by atoms with Crippen LogP contribution in [0.5, 0.6) is 5.75 Å². The summed E-state index contributed by atoms with van der Waals surface area (Å²) in [5.74, 6) is -1.13. The maximum absolute atomic E-state index is 13.3. The van der Waals surface area contributed by atoms with E-state index in [0.29, 0.717) is 11.3 Å². The van der Waals surface area contributed by atoms with E-state index in [2.05, 4.69) is 6.58 Å². The van der Waals surface area contributed by atoms with Crippen LogP contribution < -0.4 is 4.74 Å². The molecule has 0 atom stereocenters. The van der Waals surface area contributed by atoms with Crippen molar-refractivity contribution in [3.05, 3.63) is 76.8 Å². The third-order valence-corrected chi connectivity index (χ3v) is 3.06. The Morgan fingerprint density at radius 2 is 1.90 bits per heavy atom. The van der Waals surface area contributed by atoms with Crippen molar-refractivity contribution in [2.45, 2.75) is 0 Å². The Labute approximate surface area is 125 Å². The summed E-state index contributed by atoms with van der Waals surface area (Å²) in [4.78, 5) is 12.1. The second-order valence-electron chi connectivity index (χ2n) is 4.09. The van der Waals surface area contributed by atoms with E-state index >= 15 is 0 Å². The summed E-state index contributed by atoms with van der Waals surface area (Å²) in [7, 11) is 0. The topological polar surface area (TPSA) is 50.1 Å². The Kier molecular flexibility index (Phi) is 4.36. The normalized spacial score (nSPS) is 9.76. The smallest absolute Gasteiger partial charge is 0.229 e. The van der Waals surface area contributed by atoms with Crippen LogP contribution in [-0.2, 0) is 0 Å². The molecule has 0 aliphatic carbocycles. The lowest BCUT2D eigenvalue weighted by atomic mass is 10.1. The van der Waals surface area contributed by atoms with Crippen LogP contribution in [0, 0.1) is 17.1 Å². The summed E-state index contributed by atoms with van der Waals surface area (Å²) >= 11 is 5.75. The molecular formula is C16H9ClFNO2. The first-order valence-electron chi connectivity index (χ1n) is 5.88. The lowest BCUT2D eigenvalue weighted by molar-refractivity contribution is 0.0986. The van der Waals surface area contributed by atoms with Gasteiger partial charge in [-0.05, 0) is 36.4 Å². The highest BCUT2D eigenvalue weighted by Crippen LogP contribution is 2.23. The molecule has 0 radical (unpaired) electrons. The molecule has 2 rings (SSSR count). The molecule has 0 spiro atoms. The SMILES string of the molecule is C=C(Oc1ccc(C#N)cc1)C(=O)c1cccc(F)c1Cl. The van der Waals surface area contributed by atoms with Gasteiger partial charge in [-0.2, -0.15) is 5.26 Å². The van der Waals surface area contributed by atoms with Crippen LogP contribution in [0.15, 0.2) is 54.8 Å². The van der Waals surface area contributed by atoms with Gasteiger partial charge >= 0.3 is 0 Å². The van der Waals surface area contributed by atoms with Gasteiger partial charge in [0.2, 0.25) is 5.78 Å². The zero-order chi connectivity index (χ0) is 15.4. The molecule has 3 nitrogen and oxygen atoms in total. The number of nitrogens with zero attached hydrogens (tertiary/aromatic N) is 1. The van der Waals surface area contributed by atoms with E-state index < -0.39 is 11.6 Å². The van der Waals surface area contributed by atoms with Crippen LogP contribution in [0.1, 0.15) is 15.9 Å². The number of allylic oxidation sites excluding steroid dienone is 1. The quantitative estimate of drug-likeness (QED) is 0.485. The van der Waals surface area contributed by atoms with E-state index in [-0.39, 0.29) is 16.3 Å². The minimum atomic E-state index is -0.686. The molecule has 0 fully saturated rings. The first-order valence-corrected chi connectivity index (χ1v) is 6.26. The number of halogens is 2. The number of hydrogen-bond donors (Lipinski definition) is 0. The maximum Gasteiger partial charge on any atom is 0.229 e. The second-order valence-corrected chi connectivity index (χ2v) is 4.47. The third kappa shape index (κ3) is 3.28. The van der Waals surface area contributed by atoms with Gasteiger partial charge in [-0.15, -0.1) is 0 Å². The Hall–Kier alpha value is -2.64. The van der Waals surface area contributed by atoms with Crippen molar-refractivity contribution in [3.63, 3.8) is 0 Å². The molecule has 0 aromatic heterocycles. The number of benzene rings is 2. The van der Waals surface area contributed by atoms with Crippen LogP contribution >= 0.6 is 11.6 Å². The minimum Gasteiger partial charge on any atom is -0.454 e. The molecule has 0 heterocycles. The van der Waals surface area contributed by atoms with Gasteiger partial charge in [0.15, 0.2) is 5.76 Å². The fourth-order valence-corrected chi connectivity index (χ4v) is 1.83. The summed E-state index contributed by atoms with van der Waals surface area (Å²) < 4.78 is 18.6. The van der Waals surface area contributed by atoms with Gasteiger partial charge < -0.3 is 4.74 Å². The average molecular weight is 302 g/mol. The van der Waals surface area contributed by atoms with Crippen LogP contribution in [-0.4, -0.2) is 5.78 Å². The van der Waals surface area contributed by atoms with Crippen molar-refractivity contribution in [3.8, 4) is 11.8 Å². The summed E-state index contributed by atoms with van der Waals surface area (Å²) in [5, 5.41) is 8.42. The maximum atomic E-state index is 13.3. The van der Waals surface area contributed by atoms with E-state index in [1.165, 1.54) is 24.3 Å². The van der Waals surface area contributed by atoms with Crippen LogP contribution in [0.2, 0.25) is 5.02 Å². The summed E-state index contributed by atoms with van der Waals surface area (Å²) in [6, 6.07) is 12.0. The lowest BCUT2D eigenvalue weighted by Gasteiger charge is -2.09. The molecule has 104 valence electrons. The zero-order valence-electron chi connectivity index (χ0n) is 10.8. The molecule has 0 aliphatic heterocycles. The van der Waals surface area contributed by atoms with Gasteiger partial charge in [-0.1, -0.05) is 24.2 Å². The van der Waals surface area contributed by atoms with Crippen molar-refractivity contribution in [1.29, 1.82) is 5.26 Å². The first-order chi connectivity index (χ1) is 10.0. The van der Waals surface area contributed by atoms with E-state index in [9.17, 15) is 9.18 Å². The van der Waals surface area contributed by atoms with E-state index in [1.807, 2.05) is 6.07 Å². The van der Waals surface area contributed by atoms with Crippen molar-refractivity contribution in [2.24, 2.45) is 0 Å². The molecule has 0 saturated heterocycles. The molecule has 0 saturated carbocycles. The van der Waals surface area contributed by atoms with Crippen LogP contribution in [0.4, 0.5) is 4.39 Å². The summed E-state index contributed by atoms with van der Waals surface area (Å²) in [6.07, 6.45) is 0. The van der Waals surface area contributed by atoms with Crippen LogP contribution in [0.25, 0.3) is 0 Å². The largest absolute Gasteiger partial charge is 0.454 e. The molecule has 21 heavy (non-hydrogen) atoms. The molecule has 0 aliphatic rings. The third-order valence-electron chi connectivity index (χ3n) is 2.67. The van der Waals surface area contributed by atoms with E-state index in [1.54, 1.807) is 12.1 Å². The Bertz CT molecular complexity index is 748. The Morgan fingerprint density at radius 3 is 2.52 bits per heavy atom. The molecule has 2 aromatic carbocycles. The molecule has 0 amide bonds. The molecular weight excluding hydrogens is 293 g/mol. The van der Waals surface area contributed by atoms with Gasteiger partial charge in [-0.3, -0.25) is 4.79 Å². The van der Waals surface area contributed by atoms with Crippen molar-refractivity contribution in [2.75, 3.05) is 0 Å². The zero-order valence-corrected chi connectivity index (χ0v) is 11.5. The highest BCUT2D eigenvalue weighted by atomic mass is 35.5. The fourth-order valence-electron chi connectivity index (χ4n) is 1.62. The number of Topliss-reactive ketones (excluding diaryl/α,β-unsaturated/α-hetero) is 1. The Balaban J connectivity index is 2.18. The number of rotatable bonds is 4. The second kappa shape index (κ2) is 6.21. The number of carbonyl (C=O) groups excluding carboxylic acids is 1. The number of hydrogen-bond acceptors (Lipinski definition) is 3. The monoisotopic (exact) mass is 301 g/mol. The van der Waals surface area contributed by atoms with Gasteiger partial charge in [0.05, 0.1) is 16.7 Å². The number of ketones is 1. The predicted octanol–water partition coefficient (Wildman–Crippen LogP) is 4.13.